The maximum Gasteiger partial charge on any atom is 0.417 e. The fourth-order valence-corrected chi connectivity index (χ4v) is 3.23. The predicted octanol–water partition coefficient (Wildman–Crippen LogP) is 1.44. The van der Waals surface area contributed by atoms with Crippen LogP contribution in [0, 0.1) is 0 Å². The number of nitrogens with one attached hydrogen (secondary N) is 2. The van der Waals surface area contributed by atoms with Crippen molar-refractivity contribution in [3.8, 4) is 0 Å². The van der Waals surface area contributed by atoms with Crippen LogP contribution in [0.1, 0.15) is 27.1 Å². The number of nitrogens with zero attached hydrogens (tertiary/aromatic N) is 2. The Bertz CT molecular complexity index is 1000. The summed E-state index contributed by atoms with van der Waals surface area (Å²) in [5.74, 6) is -0.693. The molecule has 8 heteroatoms. The topological polar surface area (TPSA) is 102 Å². The van der Waals surface area contributed by atoms with Gasteiger partial charge in [0.1, 0.15) is 0 Å². The molecule has 2 N–H and O–H groups in total. The van der Waals surface area contributed by atoms with Crippen molar-refractivity contribution < 1.29 is 14.0 Å². The Kier molecular flexibility index (Phi) is 4.08. The molecule has 1 aliphatic heterocycles. The van der Waals surface area contributed by atoms with E-state index in [4.69, 9.17) is 4.42 Å². The molecule has 26 heavy (non-hydrogen) atoms. The van der Waals surface area contributed by atoms with Gasteiger partial charge in [0.05, 0.1) is 11.1 Å². The molecule has 0 atom stereocenters. The maximum atomic E-state index is 12.8. The molecule has 8 nitrogen and oxygen atoms in total. The zero-order valence-corrected chi connectivity index (χ0v) is 14.0. The minimum atomic E-state index is -0.543. The van der Waals surface area contributed by atoms with Crippen molar-refractivity contribution >= 4 is 22.9 Å². The van der Waals surface area contributed by atoms with Crippen LogP contribution in [0.2, 0.25) is 0 Å². The van der Waals surface area contributed by atoms with E-state index in [2.05, 4.69) is 9.97 Å². The van der Waals surface area contributed by atoms with Crippen LogP contribution in [-0.2, 0) is 0 Å². The average Bonchev–Trinajstić information content (AvgIpc) is 3.23. The van der Waals surface area contributed by atoms with Crippen LogP contribution in [0.4, 0.5) is 0 Å². The SMILES string of the molecule is O=C(c1cc[nH]c1)N1CCCN(C(=O)c2ccc3oc(=O)[nH]c3c2)CC1. The second-order valence-corrected chi connectivity index (χ2v) is 6.26. The van der Waals surface area contributed by atoms with Crippen LogP contribution >= 0.6 is 0 Å². The largest absolute Gasteiger partial charge is 0.417 e. The second-order valence-electron chi connectivity index (χ2n) is 6.26. The number of fused-ring (bicyclic) bond motifs is 1. The number of carbonyl (C=O) groups is 2. The first-order valence-electron chi connectivity index (χ1n) is 8.46. The summed E-state index contributed by atoms with van der Waals surface area (Å²) >= 11 is 0. The number of aromatic nitrogens is 2. The van der Waals surface area contributed by atoms with E-state index in [9.17, 15) is 14.4 Å². The first-order chi connectivity index (χ1) is 12.6. The highest BCUT2D eigenvalue weighted by Gasteiger charge is 2.24. The van der Waals surface area contributed by atoms with Crippen molar-refractivity contribution in [3.63, 3.8) is 0 Å². The molecule has 0 unspecified atom stereocenters. The summed E-state index contributed by atoms with van der Waals surface area (Å²) in [5, 5.41) is 0. The van der Waals surface area contributed by atoms with Gasteiger partial charge >= 0.3 is 5.76 Å². The Morgan fingerprint density at radius 2 is 1.69 bits per heavy atom. The zero-order valence-electron chi connectivity index (χ0n) is 14.0. The number of benzene rings is 1. The van der Waals surface area contributed by atoms with E-state index in [-0.39, 0.29) is 11.8 Å². The van der Waals surface area contributed by atoms with E-state index < -0.39 is 5.76 Å². The Hall–Kier alpha value is -3.29. The molecule has 1 fully saturated rings. The molecular weight excluding hydrogens is 336 g/mol. The molecule has 0 saturated carbocycles. The Labute approximate surface area is 148 Å². The molecule has 1 aliphatic rings. The van der Waals surface area contributed by atoms with Crippen LogP contribution < -0.4 is 5.76 Å². The molecule has 2 amide bonds. The zero-order chi connectivity index (χ0) is 18.1. The minimum absolute atomic E-state index is 0.0297. The van der Waals surface area contributed by atoms with E-state index in [1.54, 1.807) is 46.5 Å². The number of H-pyrrole nitrogens is 2. The van der Waals surface area contributed by atoms with E-state index in [0.717, 1.165) is 0 Å². The second kappa shape index (κ2) is 6.55. The van der Waals surface area contributed by atoms with Crippen LogP contribution in [0.25, 0.3) is 11.1 Å². The number of hydrogen-bond acceptors (Lipinski definition) is 4. The van der Waals surface area contributed by atoms with Gasteiger partial charge in [0.2, 0.25) is 0 Å². The Morgan fingerprint density at radius 3 is 2.38 bits per heavy atom. The molecule has 2 aromatic heterocycles. The van der Waals surface area contributed by atoms with Crippen molar-refractivity contribution in [2.24, 2.45) is 0 Å². The molecule has 1 aromatic carbocycles. The fourth-order valence-electron chi connectivity index (χ4n) is 3.23. The lowest BCUT2D eigenvalue weighted by Crippen LogP contribution is -2.37. The fraction of sp³-hybridized carbons (Fsp3) is 0.278. The molecule has 4 rings (SSSR count). The van der Waals surface area contributed by atoms with Gasteiger partial charge in [-0.1, -0.05) is 0 Å². The highest BCUT2D eigenvalue weighted by atomic mass is 16.4. The smallest absolute Gasteiger partial charge is 0.408 e. The van der Waals surface area contributed by atoms with Crippen molar-refractivity contribution in [1.82, 2.24) is 19.8 Å². The van der Waals surface area contributed by atoms with Crippen molar-refractivity contribution in [3.05, 3.63) is 58.3 Å². The monoisotopic (exact) mass is 354 g/mol. The molecule has 3 heterocycles. The number of amides is 2. The highest BCUT2D eigenvalue weighted by Crippen LogP contribution is 2.16. The summed E-state index contributed by atoms with van der Waals surface area (Å²) in [5.41, 5.74) is 2.03. The van der Waals surface area contributed by atoms with Crippen LogP contribution in [0.15, 0.2) is 45.9 Å². The van der Waals surface area contributed by atoms with E-state index in [0.29, 0.717) is 54.8 Å². The Morgan fingerprint density at radius 1 is 0.962 bits per heavy atom. The number of rotatable bonds is 2. The van der Waals surface area contributed by atoms with Crippen LogP contribution in [-0.4, -0.2) is 57.8 Å². The highest BCUT2D eigenvalue weighted by molar-refractivity contribution is 5.97. The third-order valence-corrected chi connectivity index (χ3v) is 4.58. The number of hydrogen-bond donors (Lipinski definition) is 2. The molecular formula is C18H18N4O4. The van der Waals surface area contributed by atoms with Gasteiger partial charge in [-0.3, -0.25) is 14.6 Å². The molecule has 0 bridgehead atoms. The van der Waals surface area contributed by atoms with Gasteiger partial charge in [-0.25, -0.2) is 4.79 Å². The van der Waals surface area contributed by atoms with E-state index in [1.165, 1.54) is 0 Å². The molecule has 134 valence electrons. The van der Waals surface area contributed by atoms with Gasteiger partial charge in [-0.2, -0.15) is 0 Å². The van der Waals surface area contributed by atoms with Gasteiger partial charge < -0.3 is 19.2 Å². The molecule has 3 aromatic rings. The normalized spacial score (nSPS) is 15.2. The third-order valence-electron chi connectivity index (χ3n) is 4.58. The third kappa shape index (κ3) is 3.01. The molecule has 0 radical (unpaired) electrons. The lowest BCUT2D eigenvalue weighted by Gasteiger charge is -2.22. The first kappa shape index (κ1) is 16.2. The summed E-state index contributed by atoms with van der Waals surface area (Å²) in [7, 11) is 0. The van der Waals surface area contributed by atoms with E-state index in [1.807, 2.05) is 0 Å². The summed E-state index contributed by atoms with van der Waals surface area (Å²) in [4.78, 5) is 45.5. The average molecular weight is 354 g/mol. The summed E-state index contributed by atoms with van der Waals surface area (Å²) in [6.45, 7) is 2.15. The standard InChI is InChI=1S/C18H18N4O4/c23-16(12-2-3-15-14(10-12)20-18(25)26-15)21-6-1-7-22(9-8-21)17(24)13-4-5-19-11-13/h2-5,10-11,19H,1,6-9H2,(H,20,25). The van der Waals surface area contributed by atoms with Gasteiger partial charge in [0, 0.05) is 44.1 Å². The van der Waals surface area contributed by atoms with Gasteiger partial charge in [-0.05, 0) is 30.7 Å². The van der Waals surface area contributed by atoms with E-state index >= 15 is 0 Å². The van der Waals surface area contributed by atoms with Crippen molar-refractivity contribution in [2.75, 3.05) is 26.2 Å². The number of aromatic amines is 2. The van der Waals surface area contributed by atoms with Gasteiger partial charge in [0.25, 0.3) is 11.8 Å². The summed E-state index contributed by atoms with van der Waals surface area (Å²) < 4.78 is 4.96. The number of oxazole rings is 1. The molecule has 0 spiro atoms. The summed E-state index contributed by atoms with van der Waals surface area (Å²) in [6, 6.07) is 6.63. The Balaban J connectivity index is 1.48. The van der Waals surface area contributed by atoms with Gasteiger partial charge in [0.15, 0.2) is 5.58 Å². The van der Waals surface area contributed by atoms with Gasteiger partial charge in [-0.15, -0.1) is 0 Å². The summed E-state index contributed by atoms with van der Waals surface area (Å²) in [6.07, 6.45) is 4.11. The lowest BCUT2D eigenvalue weighted by molar-refractivity contribution is 0.0719. The molecule has 0 aliphatic carbocycles. The predicted molar refractivity (Wildman–Crippen MR) is 94.1 cm³/mol. The maximum absolute atomic E-state index is 12.8. The van der Waals surface area contributed by atoms with Crippen LogP contribution in [0.5, 0.6) is 0 Å². The van der Waals surface area contributed by atoms with Crippen molar-refractivity contribution in [2.45, 2.75) is 6.42 Å². The molecule has 1 saturated heterocycles. The van der Waals surface area contributed by atoms with Crippen LogP contribution in [0.3, 0.4) is 0 Å². The first-order valence-corrected chi connectivity index (χ1v) is 8.46. The minimum Gasteiger partial charge on any atom is -0.408 e. The quantitative estimate of drug-likeness (QED) is 0.727. The van der Waals surface area contributed by atoms with Crippen molar-refractivity contribution in [1.29, 1.82) is 0 Å². The lowest BCUT2D eigenvalue weighted by atomic mass is 10.1. The number of carbonyl (C=O) groups excluding carboxylic acids is 2.